The van der Waals surface area contributed by atoms with Crippen molar-refractivity contribution in [2.75, 3.05) is 13.2 Å². The summed E-state index contributed by atoms with van der Waals surface area (Å²) in [6, 6.07) is 15.8. The van der Waals surface area contributed by atoms with Crippen LogP contribution >= 0.6 is 0 Å². The molecule has 3 N–H and O–H groups in total. The van der Waals surface area contributed by atoms with E-state index in [1.807, 2.05) is 19.9 Å². The monoisotopic (exact) mass is 368 g/mol. The molecule has 0 spiro atoms. The molecule has 0 saturated carbocycles. The third-order valence-corrected chi connectivity index (χ3v) is 3.49. The number of nitrogens with one attached hydrogen (secondary N) is 2. The number of rotatable bonds is 8. The number of amides is 2. The summed E-state index contributed by atoms with van der Waals surface area (Å²) in [6.45, 7) is 3.79. The first-order valence-corrected chi connectivity index (χ1v) is 8.73. The van der Waals surface area contributed by atoms with Crippen molar-refractivity contribution >= 4 is 17.9 Å². The predicted octanol–water partition coefficient (Wildman–Crippen LogP) is 2.35. The van der Waals surface area contributed by atoms with Gasteiger partial charge < -0.3 is 20.5 Å². The quantitative estimate of drug-likeness (QED) is 0.624. The van der Waals surface area contributed by atoms with Crippen LogP contribution in [0.15, 0.2) is 60.3 Å². The van der Waals surface area contributed by atoms with Crippen molar-refractivity contribution < 1.29 is 19.4 Å². The van der Waals surface area contributed by atoms with E-state index < -0.39 is 5.91 Å². The smallest absolute Gasteiger partial charge is 0.267 e. The fourth-order valence-electron chi connectivity index (χ4n) is 2.29. The fraction of sp³-hybridized carbons (Fsp3) is 0.238. The van der Waals surface area contributed by atoms with Crippen LogP contribution in [0.3, 0.4) is 0 Å². The van der Waals surface area contributed by atoms with E-state index in [0.717, 1.165) is 11.3 Å². The molecular formula is C21H24N2O4. The summed E-state index contributed by atoms with van der Waals surface area (Å²) in [5.41, 5.74) is 1.27. The van der Waals surface area contributed by atoms with Gasteiger partial charge in [-0.2, -0.15) is 0 Å². The second kappa shape index (κ2) is 10.1. The minimum atomic E-state index is -0.476. The first-order valence-electron chi connectivity index (χ1n) is 8.73. The molecule has 0 atom stereocenters. The van der Waals surface area contributed by atoms with Gasteiger partial charge in [-0.3, -0.25) is 9.59 Å². The Labute approximate surface area is 158 Å². The topological polar surface area (TPSA) is 87.7 Å². The van der Waals surface area contributed by atoms with Gasteiger partial charge in [-0.1, -0.05) is 30.3 Å². The molecule has 0 aliphatic rings. The van der Waals surface area contributed by atoms with Crippen LogP contribution in [-0.4, -0.2) is 36.2 Å². The highest BCUT2D eigenvalue weighted by Crippen LogP contribution is 2.16. The van der Waals surface area contributed by atoms with Crippen molar-refractivity contribution in [2.45, 2.75) is 20.0 Å². The maximum atomic E-state index is 12.4. The SMILES string of the molecule is CC(C)Oc1ccc(/C=C(\NC(=O)c2ccccc2)C(=O)NCCO)cc1. The number of carbonyl (C=O) groups is 2. The Balaban J connectivity index is 2.21. The van der Waals surface area contributed by atoms with E-state index in [1.165, 1.54) is 0 Å². The van der Waals surface area contributed by atoms with Gasteiger partial charge in [-0.25, -0.2) is 0 Å². The van der Waals surface area contributed by atoms with E-state index in [1.54, 1.807) is 54.6 Å². The zero-order valence-corrected chi connectivity index (χ0v) is 15.4. The summed E-state index contributed by atoms with van der Waals surface area (Å²) in [7, 11) is 0. The van der Waals surface area contributed by atoms with Crippen molar-refractivity contribution in [2.24, 2.45) is 0 Å². The van der Waals surface area contributed by atoms with Gasteiger partial charge in [0.1, 0.15) is 11.4 Å². The highest BCUT2D eigenvalue weighted by molar-refractivity contribution is 6.05. The third kappa shape index (κ3) is 6.60. The van der Waals surface area contributed by atoms with Crippen LogP contribution in [0.25, 0.3) is 6.08 Å². The van der Waals surface area contributed by atoms with Crippen molar-refractivity contribution in [1.82, 2.24) is 10.6 Å². The average Bonchev–Trinajstić information content (AvgIpc) is 2.67. The van der Waals surface area contributed by atoms with Crippen LogP contribution < -0.4 is 15.4 Å². The molecule has 6 heteroatoms. The molecule has 27 heavy (non-hydrogen) atoms. The van der Waals surface area contributed by atoms with Crippen LogP contribution in [-0.2, 0) is 4.79 Å². The predicted molar refractivity (Wildman–Crippen MR) is 104 cm³/mol. The normalized spacial score (nSPS) is 11.2. The number of aliphatic hydroxyl groups is 1. The number of aliphatic hydroxyl groups excluding tert-OH is 1. The minimum absolute atomic E-state index is 0.0661. The van der Waals surface area contributed by atoms with E-state index in [9.17, 15) is 9.59 Å². The Morgan fingerprint density at radius 3 is 2.33 bits per heavy atom. The lowest BCUT2D eigenvalue weighted by Gasteiger charge is -2.12. The van der Waals surface area contributed by atoms with E-state index >= 15 is 0 Å². The highest BCUT2D eigenvalue weighted by Gasteiger charge is 2.14. The first kappa shape index (κ1) is 20.2. The average molecular weight is 368 g/mol. The molecular weight excluding hydrogens is 344 g/mol. The van der Waals surface area contributed by atoms with Crippen LogP contribution in [0.5, 0.6) is 5.75 Å². The Hall–Kier alpha value is -3.12. The van der Waals surface area contributed by atoms with E-state index in [-0.39, 0.29) is 30.9 Å². The van der Waals surface area contributed by atoms with Gasteiger partial charge in [-0.15, -0.1) is 0 Å². The molecule has 0 unspecified atom stereocenters. The molecule has 0 bridgehead atoms. The van der Waals surface area contributed by atoms with Gasteiger partial charge >= 0.3 is 0 Å². The number of benzene rings is 2. The largest absolute Gasteiger partial charge is 0.491 e. The highest BCUT2D eigenvalue weighted by atomic mass is 16.5. The lowest BCUT2D eigenvalue weighted by Crippen LogP contribution is -2.36. The molecule has 0 aromatic heterocycles. The molecule has 2 rings (SSSR count). The Morgan fingerprint density at radius 2 is 1.74 bits per heavy atom. The molecule has 0 aliphatic carbocycles. The minimum Gasteiger partial charge on any atom is -0.491 e. The molecule has 142 valence electrons. The lowest BCUT2D eigenvalue weighted by molar-refractivity contribution is -0.117. The van der Waals surface area contributed by atoms with Gasteiger partial charge in [0.05, 0.1) is 12.7 Å². The van der Waals surface area contributed by atoms with E-state index in [0.29, 0.717) is 5.56 Å². The van der Waals surface area contributed by atoms with Crippen LogP contribution in [0.4, 0.5) is 0 Å². The number of hydrogen-bond acceptors (Lipinski definition) is 4. The van der Waals surface area contributed by atoms with Crippen molar-refractivity contribution in [3.8, 4) is 5.75 Å². The zero-order chi connectivity index (χ0) is 19.6. The van der Waals surface area contributed by atoms with Crippen molar-refractivity contribution in [1.29, 1.82) is 0 Å². The molecule has 0 heterocycles. The first-order chi connectivity index (χ1) is 13.0. The molecule has 0 radical (unpaired) electrons. The third-order valence-electron chi connectivity index (χ3n) is 3.49. The molecule has 2 aromatic carbocycles. The number of ether oxygens (including phenoxy) is 1. The second-order valence-corrected chi connectivity index (χ2v) is 6.09. The van der Waals surface area contributed by atoms with Gasteiger partial charge in [0, 0.05) is 12.1 Å². The van der Waals surface area contributed by atoms with Crippen LogP contribution in [0.1, 0.15) is 29.8 Å². The number of hydrogen-bond donors (Lipinski definition) is 3. The molecule has 6 nitrogen and oxygen atoms in total. The zero-order valence-electron chi connectivity index (χ0n) is 15.4. The van der Waals surface area contributed by atoms with Gasteiger partial charge in [0.15, 0.2) is 0 Å². The fourth-order valence-corrected chi connectivity index (χ4v) is 2.29. The maximum Gasteiger partial charge on any atom is 0.267 e. The lowest BCUT2D eigenvalue weighted by atomic mass is 10.1. The van der Waals surface area contributed by atoms with Crippen molar-refractivity contribution in [3.63, 3.8) is 0 Å². The van der Waals surface area contributed by atoms with Gasteiger partial charge in [0.25, 0.3) is 11.8 Å². The van der Waals surface area contributed by atoms with Crippen LogP contribution in [0.2, 0.25) is 0 Å². The maximum absolute atomic E-state index is 12.4. The molecule has 2 aromatic rings. The molecule has 2 amide bonds. The summed E-state index contributed by atoms with van der Waals surface area (Å²) in [5, 5.41) is 14.1. The Morgan fingerprint density at radius 1 is 1.07 bits per heavy atom. The second-order valence-electron chi connectivity index (χ2n) is 6.09. The summed E-state index contributed by atoms with van der Waals surface area (Å²) in [4.78, 5) is 24.8. The molecule has 0 saturated heterocycles. The molecule has 0 aliphatic heterocycles. The van der Waals surface area contributed by atoms with Gasteiger partial charge in [0.2, 0.25) is 0 Å². The van der Waals surface area contributed by atoms with Crippen LogP contribution in [0, 0.1) is 0 Å². The summed E-state index contributed by atoms with van der Waals surface area (Å²) >= 11 is 0. The van der Waals surface area contributed by atoms with E-state index in [4.69, 9.17) is 9.84 Å². The van der Waals surface area contributed by atoms with E-state index in [2.05, 4.69) is 10.6 Å². The van der Waals surface area contributed by atoms with Crippen molar-refractivity contribution in [3.05, 3.63) is 71.4 Å². The van der Waals surface area contributed by atoms with Gasteiger partial charge in [-0.05, 0) is 49.8 Å². The summed E-state index contributed by atoms with van der Waals surface area (Å²) in [5.74, 6) is -0.140. The standard InChI is InChI=1S/C21H24N2O4/c1-15(2)27-18-10-8-16(9-11-18)14-19(21(26)22-12-13-24)23-20(25)17-6-4-3-5-7-17/h3-11,14-15,24H,12-13H2,1-2H3,(H,22,26)(H,23,25)/b19-14-. The summed E-state index contributed by atoms with van der Waals surface area (Å²) < 4.78 is 5.60. The summed E-state index contributed by atoms with van der Waals surface area (Å²) in [6.07, 6.45) is 1.64. The Bertz CT molecular complexity index is 784. The number of carbonyl (C=O) groups excluding carboxylic acids is 2. The Kier molecular flexibility index (Phi) is 7.58. The molecule has 0 fully saturated rings.